The highest BCUT2D eigenvalue weighted by Crippen LogP contribution is 2.50. The van der Waals surface area contributed by atoms with Gasteiger partial charge < -0.3 is 4.57 Å². The monoisotopic (exact) mass is 353 g/mol. The standard InChI is InChI=1S/C20H16ClNOS/c1-2-20(14-7-4-3-5-8-14)19(23)17-9-6-12-22(17)16-11-10-15(21)13-18(16)24-20/h3-13H,2H2,1H3. The molecule has 0 spiro atoms. The number of ketones is 1. The Morgan fingerprint density at radius 2 is 1.88 bits per heavy atom. The summed E-state index contributed by atoms with van der Waals surface area (Å²) in [7, 11) is 0. The van der Waals surface area contributed by atoms with E-state index < -0.39 is 4.75 Å². The number of fused-ring (bicyclic) bond motifs is 3. The van der Waals surface area contributed by atoms with E-state index in [1.807, 2.05) is 71.4 Å². The minimum atomic E-state index is -0.646. The summed E-state index contributed by atoms with van der Waals surface area (Å²) in [6, 6.07) is 19.7. The third-order valence-corrected chi connectivity index (χ3v) is 6.39. The van der Waals surface area contributed by atoms with Crippen LogP contribution in [0.5, 0.6) is 0 Å². The lowest BCUT2D eigenvalue weighted by molar-refractivity contribution is 0.0933. The van der Waals surface area contributed by atoms with Gasteiger partial charge >= 0.3 is 0 Å². The number of thioether (sulfide) groups is 1. The fraction of sp³-hybridized carbons (Fsp3) is 0.150. The van der Waals surface area contributed by atoms with Crippen LogP contribution in [0, 0.1) is 0 Å². The number of aromatic nitrogens is 1. The molecule has 24 heavy (non-hydrogen) atoms. The first-order valence-corrected chi connectivity index (χ1v) is 9.12. The zero-order valence-electron chi connectivity index (χ0n) is 13.2. The number of halogens is 1. The molecule has 1 aromatic heterocycles. The Morgan fingerprint density at radius 1 is 1.08 bits per heavy atom. The van der Waals surface area contributed by atoms with E-state index in [2.05, 4.69) is 6.92 Å². The first-order valence-electron chi connectivity index (χ1n) is 7.92. The molecule has 120 valence electrons. The Balaban J connectivity index is 2.03. The van der Waals surface area contributed by atoms with Crippen LogP contribution in [-0.4, -0.2) is 10.4 Å². The molecule has 0 saturated heterocycles. The molecule has 2 nitrogen and oxygen atoms in total. The second-order valence-electron chi connectivity index (χ2n) is 5.85. The van der Waals surface area contributed by atoms with Gasteiger partial charge in [-0.2, -0.15) is 0 Å². The maximum atomic E-state index is 13.5. The molecule has 0 amide bonds. The van der Waals surface area contributed by atoms with Crippen molar-refractivity contribution in [1.29, 1.82) is 0 Å². The molecule has 0 N–H and O–H groups in total. The number of carbonyl (C=O) groups is 1. The molecule has 0 fully saturated rings. The summed E-state index contributed by atoms with van der Waals surface area (Å²) in [5, 5.41) is 0.683. The average Bonchev–Trinajstić information content (AvgIpc) is 3.06. The van der Waals surface area contributed by atoms with Crippen molar-refractivity contribution in [3.8, 4) is 5.69 Å². The highest BCUT2D eigenvalue weighted by atomic mass is 35.5. The van der Waals surface area contributed by atoms with Gasteiger partial charge in [0.05, 0.1) is 11.4 Å². The maximum Gasteiger partial charge on any atom is 0.200 e. The van der Waals surface area contributed by atoms with Gasteiger partial charge in [0, 0.05) is 16.1 Å². The van der Waals surface area contributed by atoms with E-state index in [4.69, 9.17) is 11.6 Å². The Hall–Kier alpha value is -1.97. The first-order chi connectivity index (χ1) is 11.7. The van der Waals surface area contributed by atoms with Crippen LogP contribution in [-0.2, 0) is 4.75 Å². The van der Waals surface area contributed by atoms with Crippen LogP contribution in [0.25, 0.3) is 5.69 Å². The number of benzene rings is 2. The van der Waals surface area contributed by atoms with E-state index >= 15 is 0 Å². The number of carbonyl (C=O) groups excluding carboxylic acids is 1. The lowest BCUT2D eigenvalue weighted by Gasteiger charge is -2.29. The first kappa shape index (κ1) is 15.6. The summed E-state index contributed by atoms with van der Waals surface area (Å²) < 4.78 is 1.33. The Labute approximate surface area is 150 Å². The van der Waals surface area contributed by atoms with Gasteiger partial charge in [0.25, 0.3) is 0 Å². The Kier molecular flexibility index (Phi) is 3.78. The molecule has 1 unspecified atom stereocenters. The van der Waals surface area contributed by atoms with Crippen molar-refractivity contribution in [2.24, 2.45) is 0 Å². The molecule has 4 rings (SSSR count). The third-order valence-electron chi connectivity index (χ3n) is 4.55. The van der Waals surface area contributed by atoms with Crippen molar-refractivity contribution >= 4 is 29.1 Å². The molecular formula is C20H16ClNOS. The normalized spacial score (nSPS) is 19.5. The predicted octanol–water partition coefficient (Wildman–Crippen LogP) is 5.72. The summed E-state index contributed by atoms with van der Waals surface area (Å²) in [6.45, 7) is 2.07. The molecule has 2 aromatic carbocycles. The van der Waals surface area contributed by atoms with Crippen LogP contribution in [0.2, 0.25) is 5.02 Å². The SMILES string of the molecule is CCC1(c2ccccc2)Sc2cc(Cl)ccc2-n2cccc2C1=O. The number of hydrogen-bond acceptors (Lipinski definition) is 2. The fourth-order valence-corrected chi connectivity index (χ4v) is 4.98. The quantitative estimate of drug-likeness (QED) is 0.587. The van der Waals surface area contributed by atoms with Gasteiger partial charge in [0.2, 0.25) is 0 Å². The topological polar surface area (TPSA) is 22.0 Å². The van der Waals surface area contributed by atoms with Gasteiger partial charge in [-0.15, -0.1) is 11.8 Å². The van der Waals surface area contributed by atoms with Crippen molar-refractivity contribution in [3.63, 3.8) is 0 Å². The van der Waals surface area contributed by atoms with Crippen LogP contribution >= 0.6 is 23.4 Å². The summed E-state index contributed by atoms with van der Waals surface area (Å²) in [5.41, 5.74) is 2.75. The highest BCUT2D eigenvalue weighted by Gasteiger charge is 2.43. The highest BCUT2D eigenvalue weighted by molar-refractivity contribution is 8.01. The molecule has 3 aromatic rings. The van der Waals surface area contributed by atoms with Gasteiger partial charge in [-0.05, 0) is 42.3 Å². The van der Waals surface area contributed by atoms with Crippen LogP contribution < -0.4 is 0 Å². The van der Waals surface area contributed by atoms with E-state index in [-0.39, 0.29) is 5.78 Å². The molecule has 0 aliphatic carbocycles. The smallest absolute Gasteiger partial charge is 0.200 e. The molecule has 1 aliphatic heterocycles. The Bertz CT molecular complexity index is 918. The lowest BCUT2D eigenvalue weighted by Crippen LogP contribution is -2.32. The van der Waals surface area contributed by atoms with Crippen molar-refractivity contribution in [2.75, 3.05) is 0 Å². The number of rotatable bonds is 2. The van der Waals surface area contributed by atoms with Gasteiger partial charge in [0.1, 0.15) is 4.75 Å². The van der Waals surface area contributed by atoms with Gasteiger partial charge in [0.15, 0.2) is 5.78 Å². The zero-order chi connectivity index (χ0) is 16.7. The molecule has 1 atom stereocenters. The van der Waals surface area contributed by atoms with Gasteiger partial charge in [-0.25, -0.2) is 0 Å². The van der Waals surface area contributed by atoms with Crippen LogP contribution in [0.4, 0.5) is 0 Å². The molecule has 0 radical (unpaired) electrons. The van der Waals surface area contributed by atoms with Crippen LogP contribution in [0.3, 0.4) is 0 Å². The van der Waals surface area contributed by atoms with E-state index in [0.29, 0.717) is 17.1 Å². The van der Waals surface area contributed by atoms with E-state index in [1.54, 1.807) is 11.8 Å². The number of hydrogen-bond donors (Lipinski definition) is 0. The van der Waals surface area contributed by atoms with E-state index in [1.165, 1.54) is 0 Å². The van der Waals surface area contributed by atoms with Crippen LogP contribution in [0.15, 0.2) is 71.8 Å². The summed E-state index contributed by atoms with van der Waals surface area (Å²) in [5.74, 6) is 0.138. The van der Waals surface area contributed by atoms with E-state index in [9.17, 15) is 4.79 Å². The zero-order valence-corrected chi connectivity index (χ0v) is 14.8. The van der Waals surface area contributed by atoms with Gasteiger partial charge in [-0.1, -0.05) is 48.9 Å². The molecule has 2 heterocycles. The minimum Gasteiger partial charge on any atom is -0.313 e. The third kappa shape index (κ3) is 2.23. The second kappa shape index (κ2) is 5.83. The summed E-state index contributed by atoms with van der Waals surface area (Å²) in [4.78, 5) is 14.6. The summed E-state index contributed by atoms with van der Waals surface area (Å²) in [6.07, 6.45) is 2.65. The molecule has 0 bridgehead atoms. The second-order valence-corrected chi connectivity index (χ2v) is 7.63. The maximum absolute atomic E-state index is 13.5. The Morgan fingerprint density at radius 3 is 2.62 bits per heavy atom. The fourth-order valence-electron chi connectivity index (χ4n) is 3.32. The average molecular weight is 354 g/mol. The van der Waals surface area contributed by atoms with Crippen molar-refractivity contribution in [2.45, 2.75) is 23.0 Å². The summed E-state index contributed by atoms with van der Waals surface area (Å²) >= 11 is 7.85. The molecule has 0 saturated carbocycles. The largest absolute Gasteiger partial charge is 0.313 e. The number of Topliss-reactive ketones (excluding diaryl/α,β-unsaturated/α-hetero) is 1. The van der Waals surface area contributed by atoms with Crippen molar-refractivity contribution < 1.29 is 4.79 Å². The molecular weight excluding hydrogens is 338 g/mol. The molecule has 1 aliphatic rings. The predicted molar refractivity (Wildman–Crippen MR) is 99.4 cm³/mol. The van der Waals surface area contributed by atoms with Crippen molar-refractivity contribution in [1.82, 2.24) is 4.57 Å². The van der Waals surface area contributed by atoms with E-state index in [0.717, 1.165) is 16.1 Å². The number of nitrogens with zero attached hydrogens (tertiary/aromatic N) is 1. The van der Waals surface area contributed by atoms with Crippen LogP contribution in [0.1, 0.15) is 29.4 Å². The molecule has 4 heteroatoms. The van der Waals surface area contributed by atoms with Crippen molar-refractivity contribution in [3.05, 3.63) is 83.1 Å². The lowest BCUT2D eigenvalue weighted by atomic mass is 9.89. The van der Waals surface area contributed by atoms with Gasteiger partial charge in [-0.3, -0.25) is 4.79 Å². The minimum absolute atomic E-state index is 0.138.